The zero-order chi connectivity index (χ0) is 19.6. The molecule has 1 N–H and O–H groups in total. The largest absolute Gasteiger partial charge is 0.464 e. The maximum atomic E-state index is 12.7. The summed E-state index contributed by atoms with van der Waals surface area (Å²) in [5.41, 5.74) is 1.77. The Morgan fingerprint density at radius 2 is 2.07 bits per heavy atom. The van der Waals surface area contributed by atoms with E-state index >= 15 is 0 Å². The first-order chi connectivity index (χ1) is 13.0. The second kappa shape index (κ2) is 10.3. The molecule has 0 aliphatic heterocycles. The molecule has 146 valence electrons. The van der Waals surface area contributed by atoms with E-state index in [0.717, 1.165) is 11.3 Å². The summed E-state index contributed by atoms with van der Waals surface area (Å²) in [5.74, 6) is -0.330. The van der Waals surface area contributed by atoms with Crippen LogP contribution in [0.25, 0.3) is 0 Å². The molecule has 0 fully saturated rings. The highest BCUT2D eigenvalue weighted by molar-refractivity contribution is 5.90. The predicted molar refractivity (Wildman–Crippen MR) is 99.6 cm³/mol. The minimum absolute atomic E-state index is 0.0704. The average molecular weight is 375 g/mol. The van der Waals surface area contributed by atoms with Crippen molar-refractivity contribution >= 4 is 17.7 Å². The van der Waals surface area contributed by atoms with Crippen LogP contribution >= 0.6 is 0 Å². The molecule has 1 aromatic heterocycles. The van der Waals surface area contributed by atoms with Crippen molar-refractivity contribution in [3.05, 3.63) is 47.7 Å². The van der Waals surface area contributed by atoms with Crippen LogP contribution in [0.15, 0.2) is 34.9 Å². The number of oxazole rings is 1. The molecule has 8 nitrogen and oxygen atoms in total. The molecule has 1 aromatic carbocycles. The van der Waals surface area contributed by atoms with Crippen molar-refractivity contribution in [2.24, 2.45) is 0 Å². The summed E-state index contributed by atoms with van der Waals surface area (Å²) >= 11 is 0. The Labute approximate surface area is 158 Å². The molecule has 0 bridgehead atoms. The fourth-order valence-corrected chi connectivity index (χ4v) is 2.41. The first-order valence-corrected chi connectivity index (χ1v) is 8.77. The Bertz CT molecular complexity index is 759. The first-order valence-electron chi connectivity index (χ1n) is 8.77. The summed E-state index contributed by atoms with van der Waals surface area (Å²) < 4.78 is 15.3. The SMILES string of the molecule is CCOCCCN(Cc1nc(C(=O)OC)co1)C(=O)Nc1ccccc1C. The fourth-order valence-electron chi connectivity index (χ4n) is 2.41. The van der Waals surface area contributed by atoms with Gasteiger partial charge in [0.25, 0.3) is 0 Å². The number of hydrogen-bond acceptors (Lipinski definition) is 6. The molecule has 0 atom stereocenters. The van der Waals surface area contributed by atoms with Gasteiger partial charge in [-0.05, 0) is 31.9 Å². The second-order valence-electron chi connectivity index (χ2n) is 5.84. The molecular weight excluding hydrogens is 350 g/mol. The normalized spacial score (nSPS) is 10.5. The topological polar surface area (TPSA) is 93.9 Å². The van der Waals surface area contributed by atoms with E-state index in [9.17, 15) is 9.59 Å². The van der Waals surface area contributed by atoms with Crippen LogP contribution in [0.5, 0.6) is 0 Å². The van der Waals surface area contributed by atoms with Gasteiger partial charge in [0.2, 0.25) is 5.89 Å². The molecule has 2 aromatic rings. The maximum Gasteiger partial charge on any atom is 0.360 e. The predicted octanol–water partition coefficient (Wildman–Crippen LogP) is 3.23. The van der Waals surface area contributed by atoms with Gasteiger partial charge in [0, 0.05) is 25.4 Å². The number of benzene rings is 1. The van der Waals surface area contributed by atoms with E-state index < -0.39 is 5.97 Å². The van der Waals surface area contributed by atoms with Gasteiger partial charge in [-0.15, -0.1) is 0 Å². The van der Waals surface area contributed by atoms with E-state index in [1.807, 2.05) is 38.1 Å². The Morgan fingerprint density at radius 3 is 2.78 bits per heavy atom. The lowest BCUT2D eigenvalue weighted by molar-refractivity contribution is 0.0594. The number of amides is 2. The van der Waals surface area contributed by atoms with Gasteiger partial charge in [0.1, 0.15) is 6.26 Å². The number of urea groups is 1. The van der Waals surface area contributed by atoms with E-state index in [1.165, 1.54) is 13.4 Å². The Kier molecular flexibility index (Phi) is 7.81. The minimum Gasteiger partial charge on any atom is -0.464 e. The highest BCUT2D eigenvalue weighted by Gasteiger charge is 2.19. The number of para-hydroxylation sites is 1. The van der Waals surface area contributed by atoms with Gasteiger partial charge in [-0.25, -0.2) is 14.6 Å². The van der Waals surface area contributed by atoms with E-state index in [2.05, 4.69) is 15.0 Å². The van der Waals surface area contributed by atoms with Crippen LogP contribution in [-0.2, 0) is 16.0 Å². The van der Waals surface area contributed by atoms with Gasteiger partial charge >= 0.3 is 12.0 Å². The molecule has 0 saturated heterocycles. The molecule has 27 heavy (non-hydrogen) atoms. The molecule has 0 radical (unpaired) electrons. The van der Waals surface area contributed by atoms with Crippen molar-refractivity contribution in [3.8, 4) is 0 Å². The van der Waals surface area contributed by atoms with E-state index in [1.54, 1.807) is 4.90 Å². The molecule has 0 aliphatic carbocycles. The van der Waals surface area contributed by atoms with Gasteiger partial charge in [-0.1, -0.05) is 18.2 Å². The summed E-state index contributed by atoms with van der Waals surface area (Å²) in [6, 6.07) is 7.25. The smallest absolute Gasteiger partial charge is 0.360 e. The number of rotatable bonds is 9. The van der Waals surface area contributed by atoms with E-state index in [0.29, 0.717) is 26.2 Å². The molecule has 2 rings (SSSR count). The van der Waals surface area contributed by atoms with Crippen LogP contribution < -0.4 is 5.32 Å². The second-order valence-corrected chi connectivity index (χ2v) is 5.84. The van der Waals surface area contributed by atoms with Crippen molar-refractivity contribution in [2.75, 3.05) is 32.2 Å². The Hall–Kier alpha value is -2.87. The summed E-state index contributed by atoms with van der Waals surface area (Å²) in [6.45, 7) is 5.59. The summed E-state index contributed by atoms with van der Waals surface area (Å²) in [5, 5.41) is 2.90. The number of anilines is 1. The molecule has 8 heteroatoms. The van der Waals surface area contributed by atoms with Gasteiger partial charge in [-0.2, -0.15) is 0 Å². The number of nitrogens with zero attached hydrogens (tertiary/aromatic N) is 2. The number of carbonyl (C=O) groups is 2. The van der Waals surface area contributed by atoms with Crippen molar-refractivity contribution in [2.45, 2.75) is 26.8 Å². The zero-order valence-electron chi connectivity index (χ0n) is 15.9. The van der Waals surface area contributed by atoms with Gasteiger partial charge in [0.15, 0.2) is 5.69 Å². The third kappa shape index (κ3) is 6.10. The molecule has 1 heterocycles. The van der Waals surface area contributed by atoms with Crippen LogP contribution in [0.1, 0.15) is 35.3 Å². The Balaban J connectivity index is 2.07. The van der Waals surface area contributed by atoms with Crippen LogP contribution in [0.4, 0.5) is 10.5 Å². The van der Waals surface area contributed by atoms with Gasteiger partial charge < -0.3 is 24.1 Å². The average Bonchev–Trinajstić information content (AvgIpc) is 3.14. The highest BCUT2D eigenvalue weighted by Crippen LogP contribution is 2.15. The minimum atomic E-state index is -0.586. The number of hydrogen-bond donors (Lipinski definition) is 1. The molecule has 2 amide bonds. The molecule has 0 aliphatic rings. The van der Waals surface area contributed by atoms with Crippen LogP contribution in [0, 0.1) is 6.92 Å². The first kappa shape index (κ1) is 20.4. The summed E-state index contributed by atoms with van der Waals surface area (Å²) in [6.07, 6.45) is 1.89. The van der Waals surface area contributed by atoms with Crippen molar-refractivity contribution in [1.82, 2.24) is 9.88 Å². The van der Waals surface area contributed by atoms with Crippen LogP contribution in [0.2, 0.25) is 0 Å². The van der Waals surface area contributed by atoms with Crippen LogP contribution in [-0.4, -0.2) is 48.8 Å². The number of nitrogens with one attached hydrogen (secondary N) is 1. The third-order valence-corrected chi connectivity index (χ3v) is 3.87. The van der Waals surface area contributed by atoms with Crippen LogP contribution in [0.3, 0.4) is 0 Å². The number of aryl methyl sites for hydroxylation is 1. The van der Waals surface area contributed by atoms with Crippen molar-refractivity contribution in [1.29, 1.82) is 0 Å². The maximum absolute atomic E-state index is 12.7. The van der Waals surface area contributed by atoms with Gasteiger partial charge in [0.05, 0.1) is 13.7 Å². The highest BCUT2D eigenvalue weighted by atomic mass is 16.5. The number of methoxy groups -OCH3 is 1. The third-order valence-electron chi connectivity index (χ3n) is 3.87. The van der Waals surface area contributed by atoms with Crippen molar-refractivity contribution in [3.63, 3.8) is 0 Å². The number of ether oxygens (including phenoxy) is 2. The van der Waals surface area contributed by atoms with Gasteiger partial charge in [-0.3, -0.25) is 0 Å². The fraction of sp³-hybridized carbons (Fsp3) is 0.421. The standard InChI is InChI=1S/C19H25N3O5/c1-4-26-11-7-10-22(12-17-20-16(13-27-17)18(23)25-3)19(24)21-15-9-6-5-8-14(15)2/h5-6,8-9,13H,4,7,10-12H2,1-3H3,(H,21,24). The molecule has 0 spiro atoms. The monoisotopic (exact) mass is 375 g/mol. The number of carbonyl (C=O) groups excluding carboxylic acids is 2. The lowest BCUT2D eigenvalue weighted by Crippen LogP contribution is -2.36. The van der Waals surface area contributed by atoms with Crippen molar-refractivity contribution < 1.29 is 23.5 Å². The zero-order valence-corrected chi connectivity index (χ0v) is 15.9. The molecule has 0 unspecified atom stereocenters. The van der Waals surface area contributed by atoms with E-state index in [-0.39, 0.29) is 24.2 Å². The molecule has 0 saturated carbocycles. The number of aromatic nitrogens is 1. The quantitative estimate of drug-likeness (QED) is 0.534. The Morgan fingerprint density at radius 1 is 1.30 bits per heavy atom. The number of esters is 1. The summed E-state index contributed by atoms with van der Waals surface area (Å²) in [7, 11) is 1.27. The lowest BCUT2D eigenvalue weighted by atomic mass is 10.2. The summed E-state index contributed by atoms with van der Waals surface area (Å²) in [4.78, 5) is 29.9. The molecular formula is C19H25N3O5. The lowest BCUT2D eigenvalue weighted by Gasteiger charge is -2.22. The van der Waals surface area contributed by atoms with E-state index in [4.69, 9.17) is 9.15 Å².